The molecular formula is C23H35F5N4O3. The summed E-state index contributed by atoms with van der Waals surface area (Å²) in [6.45, 7) is 10.1. The predicted molar refractivity (Wildman–Crippen MR) is 119 cm³/mol. The number of halogens is 5. The number of piperidine rings is 2. The number of nitrogens with zero attached hydrogens (tertiary/aromatic N) is 4. The van der Waals surface area contributed by atoms with Crippen molar-refractivity contribution in [3.05, 3.63) is 17.5 Å². The molecule has 3 heterocycles. The van der Waals surface area contributed by atoms with Gasteiger partial charge in [0.1, 0.15) is 0 Å². The van der Waals surface area contributed by atoms with Gasteiger partial charge in [-0.1, -0.05) is 20.8 Å². The van der Waals surface area contributed by atoms with E-state index in [9.17, 15) is 26.7 Å². The maximum atomic E-state index is 14.7. The first-order valence-corrected chi connectivity index (χ1v) is 11.5. The number of aryl methyl sites for hydroxylation is 2. The van der Waals surface area contributed by atoms with Crippen molar-refractivity contribution in [2.24, 2.45) is 17.9 Å². The van der Waals surface area contributed by atoms with E-state index < -0.39 is 23.5 Å². The molecule has 200 valence electrons. The zero-order valence-electron chi connectivity index (χ0n) is 20.9. The number of carboxylic acids is 1. The number of carboxylic acid groups (broad SMARTS) is 1. The molecule has 1 aromatic rings. The number of aromatic nitrogens is 2. The number of aliphatic carboxylic acids is 1. The summed E-state index contributed by atoms with van der Waals surface area (Å²) < 4.78 is 62.9. The second kappa shape index (κ2) is 10.4. The van der Waals surface area contributed by atoms with Crippen molar-refractivity contribution >= 4 is 11.9 Å². The molecule has 7 nitrogen and oxygen atoms in total. The SMILES string of the molecule is Cc1cc(CN2CCCC3(CN(CCC(C)(C)C)CC(F)(F)C3)C2=O)n(C)n1.O=C(O)C(F)(F)F. The highest BCUT2D eigenvalue weighted by molar-refractivity contribution is 5.84. The van der Waals surface area contributed by atoms with Gasteiger partial charge in [-0.05, 0) is 44.2 Å². The monoisotopic (exact) mass is 510 g/mol. The Morgan fingerprint density at radius 3 is 2.29 bits per heavy atom. The Balaban J connectivity index is 0.000000540. The minimum atomic E-state index is -5.08. The molecule has 1 unspecified atom stereocenters. The fourth-order valence-corrected chi connectivity index (χ4v) is 4.69. The van der Waals surface area contributed by atoms with E-state index in [-0.39, 0.29) is 24.3 Å². The number of likely N-dealkylation sites (tertiary alicyclic amines) is 2. The summed E-state index contributed by atoms with van der Waals surface area (Å²) in [5.41, 5.74) is 0.954. The summed E-state index contributed by atoms with van der Waals surface area (Å²) in [7, 11) is 1.86. The second-order valence-corrected chi connectivity index (χ2v) is 10.9. The average Bonchev–Trinajstić information content (AvgIpc) is 2.99. The van der Waals surface area contributed by atoms with Crippen molar-refractivity contribution in [3.63, 3.8) is 0 Å². The fraction of sp³-hybridized carbons (Fsp3) is 0.783. The summed E-state index contributed by atoms with van der Waals surface area (Å²) in [6, 6.07) is 1.96. The molecule has 2 aliphatic rings. The van der Waals surface area contributed by atoms with Crippen LogP contribution in [0.25, 0.3) is 0 Å². The van der Waals surface area contributed by atoms with Gasteiger partial charge in [-0.3, -0.25) is 14.4 Å². The summed E-state index contributed by atoms with van der Waals surface area (Å²) >= 11 is 0. The van der Waals surface area contributed by atoms with Crippen LogP contribution in [0.15, 0.2) is 6.07 Å². The van der Waals surface area contributed by atoms with Gasteiger partial charge in [0.25, 0.3) is 5.92 Å². The van der Waals surface area contributed by atoms with Crippen LogP contribution in [-0.2, 0) is 23.2 Å². The summed E-state index contributed by atoms with van der Waals surface area (Å²) in [6.07, 6.45) is -3.25. The maximum Gasteiger partial charge on any atom is 0.490 e. The van der Waals surface area contributed by atoms with Gasteiger partial charge < -0.3 is 10.0 Å². The van der Waals surface area contributed by atoms with E-state index in [1.54, 1.807) is 9.58 Å². The van der Waals surface area contributed by atoms with E-state index in [0.29, 0.717) is 32.6 Å². The third-order valence-corrected chi connectivity index (χ3v) is 6.27. The molecule has 0 bridgehead atoms. The van der Waals surface area contributed by atoms with E-state index in [1.807, 2.05) is 24.9 Å². The van der Waals surface area contributed by atoms with Gasteiger partial charge in [0, 0.05) is 26.6 Å². The molecule has 2 saturated heterocycles. The second-order valence-electron chi connectivity index (χ2n) is 10.9. The van der Waals surface area contributed by atoms with Crippen LogP contribution >= 0.6 is 0 Å². The Morgan fingerprint density at radius 1 is 1.20 bits per heavy atom. The molecule has 1 atom stereocenters. The Labute approximate surface area is 202 Å². The third-order valence-electron chi connectivity index (χ3n) is 6.27. The zero-order valence-corrected chi connectivity index (χ0v) is 20.9. The lowest BCUT2D eigenvalue weighted by atomic mass is 9.71. The average molecular weight is 511 g/mol. The van der Waals surface area contributed by atoms with Crippen molar-refractivity contribution < 1.29 is 36.6 Å². The Kier molecular flexibility index (Phi) is 8.61. The Morgan fingerprint density at radius 2 is 1.80 bits per heavy atom. The number of alkyl halides is 5. The normalized spacial score (nSPS) is 23.3. The highest BCUT2D eigenvalue weighted by Crippen LogP contribution is 2.45. The van der Waals surface area contributed by atoms with Gasteiger partial charge in [0.15, 0.2) is 0 Å². The zero-order chi connectivity index (χ0) is 26.8. The number of hydrogen-bond acceptors (Lipinski definition) is 4. The fourth-order valence-electron chi connectivity index (χ4n) is 4.69. The lowest BCUT2D eigenvalue weighted by molar-refractivity contribution is -0.192. The van der Waals surface area contributed by atoms with E-state index >= 15 is 0 Å². The van der Waals surface area contributed by atoms with Gasteiger partial charge in [-0.15, -0.1) is 0 Å². The topological polar surface area (TPSA) is 78.7 Å². The van der Waals surface area contributed by atoms with Crippen molar-refractivity contribution in [3.8, 4) is 0 Å². The van der Waals surface area contributed by atoms with Gasteiger partial charge in [-0.2, -0.15) is 18.3 Å². The molecule has 2 fully saturated rings. The molecule has 12 heteroatoms. The maximum absolute atomic E-state index is 14.7. The van der Waals surface area contributed by atoms with E-state index in [1.165, 1.54) is 0 Å². The molecule has 1 spiro atoms. The molecule has 0 saturated carbocycles. The third kappa shape index (κ3) is 8.15. The smallest absolute Gasteiger partial charge is 0.475 e. The van der Waals surface area contributed by atoms with Crippen LogP contribution in [0.2, 0.25) is 0 Å². The number of rotatable bonds is 4. The highest BCUT2D eigenvalue weighted by Gasteiger charge is 2.55. The van der Waals surface area contributed by atoms with Crippen molar-refractivity contribution in [2.75, 3.05) is 26.2 Å². The van der Waals surface area contributed by atoms with Crippen LogP contribution in [0.1, 0.15) is 57.8 Å². The molecule has 0 radical (unpaired) electrons. The minimum Gasteiger partial charge on any atom is -0.475 e. The van der Waals surface area contributed by atoms with Crippen LogP contribution in [0, 0.1) is 17.8 Å². The van der Waals surface area contributed by atoms with Crippen molar-refractivity contribution in [1.29, 1.82) is 0 Å². The molecule has 1 N–H and O–H groups in total. The Bertz CT molecular complexity index is 910. The van der Waals surface area contributed by atoms with Crippen LogP contribution in [-0.4, -0.2) is 74.8 Å². The molecule has 1 aromatic heterocycles. The first-order chi connectivity index (χ1) is 15.8. The van der Waals surface area contributed by atoms with Crippen LogP contribution in [0.5, 0.6) is 0 Å². The van der Waals surface area contributed by atoms with Gasteiger partial charge in [0.2, 0.25) is 5.91 Å². The van der Waals surface area contributed by atoms with Crippen molar-refractivity contribution in [2.45, 2.75) is 72.0 Å². The van der Waals surface area contributed by atoms with Gasteiger partial charge in [0.05, 0.1) is 29.9 Å². The largest absolute Gasteiger partial charge is 0.490 e. The van der Waals surface area contributed by atoms with E-state index in [2.05, 4.69) is 25.9 Å². The minimum absolute atomic E-state index is 0.0832. The molecule has 3 rings (SSSR count). The quantitative estimate of drug-likeness (QED) is 0.613. The van der Waals surface area contributed by atoms with Crippen LogP contribution in [0.3, 0.4) is 0 Å². The standard InChI is InChI=1S/C21H34F2N4O.C2HF3O2/c1-16-11-17(25(5)24-16)12-27-9-6-7-20(18(27)28)13-21(22,23)15-26(14-20)10-8-19(2,3)4;3-2(4,5)1(6)7/h11H,6-10,12-15H2,1-5H3;(H,6,7). The molecule has 35 heavy (non-hydrogen) atoms. The number of carbonyl (C=O) groups excluding carboxylic acids is 1. The summed E-state index contributed by atoms with van der Waals surface area (Å²) in [5.74, 6) is -5.69. The van der Waals surface area contributed by atoms with Crippen LogP contribution < -0.4 is 0 Å². The molecule has 0 aliphatic carbocycles. The highest BCUT2D eigenvalue weighted by atomic mass is 19.4. The molecule has 1 amide bonds. The Hall–Kier alpha value is -2.24. The van der Waals surface area contributed by atoms with Crippen LogP contribution in [0.4, 0.5) is 22.0 Å². The molecular weight excluding hydrogens is 475 g/mol. The van der Waals surface area contributed by atoms with Crippen molar-refractivity contribution in [1.82, 2.24) is 19.6 Å². The van der Waals surface area contributed by atoms with Gasteiger partial charge in [-0.25, -0.2) is 13.6 Å². The first kappa shape index (κ1) is 29.0. The van der Waals surface area contributed by atoms with E-state index in [4.69, 9.17) is 9.90 Å². The van der Waals surface area contributed by atoms with E-state index in [0.717, 1.165) is 24.2 Å². The summed E-state index contributed by atoms with van der Waals surface area (Å²) in [4.78, 5) is 25.9. The first-order valence-electron chi connectivity index (χ1n) is 11.5. The molecule has 2 aliphatic heterocycles. The lowest BCUT2D eigenvalue weighted by Gasteiger charge is -2.49. The predicted octanol–water partition coefficient (Wildman–Crippen LogP) is 4.25. The summed E-state index contributed by atoms with van der Waals surface area (Å²) in [5, 5.41) is 11.5. The number of hydrogen-bond donors (Lipinski definition) is 1. The molecule has 0 aromatic carbocycles. The number of carbonyl (C=O) groups is 2. The lowest BCUT2D eigenvalue weighted by Crippen LogP contribution is -2.61. The van der Waals surface area contributed by atoms with Gasteiger partial charge >= 0.3 is 12.1 Å². The number of amides is 1.